The quantitative estimate of drug-likeness (QED) is 0.779. The van der Waals surface area contributed by atoms with Gasteiger partial charge in [0.25, 0.3) is 0 Å². The number of rotatable bonds is 5. The number of hydrogen-bond donors (Lipinski definition) is 0. The minimum atomic E-state index is 0.151. The highest BCUT2D eigenvalue weighted by Gasteiger charge is 2.18. The Labute approximate surface area is 131 Å². The molecule has 0 N–H and O–H groups in total. The summed E-state index contributed by atoms with van der Waals surface area (Å²) >= 11 is 0. The summed E-state index contributed by atoms with van der Waals surface area (Å²) in [6.07, 6.45) is 9.11. The molecule has 1 heterocycles. The molecule has 22 heavy (non-hydrogen) atoms. The highest BCUT2D eigenvalue weighted by Crippen LogP contribution is 2.15. The topological polar surface area (TPSA) is 20.3 Å². The predicted molar refractivity (Wildman–Crippen MR) is 89.7 cm³/mol. The van der Waals surface area contributed by atoms with Gasteiger partial charge in [-0.15, -0.1) is 0 Å². The number of hydrogen-bond acceptors (Lipinski definition) is 2. The van der Waals surface area contributed by atoms with Crippen LogP contribution in [-0.4, -0.2) is 23.3 Å². The van der Waals surface area contributed by atoms with E-state index in [1.165, 1.54) is 5.56 Å². The smallest absolute Gasteiger partial charge is 0.182 e. The van der Waals surface area contributed by atoms with Gasteiger partial charge in [-0.25, -0.2) is 0 Å². The van der Waals surface area contributed by atoms with Gasteiger partial charge in [-0.2, -0.15) is 0 Å². The Morgan fingerprint density at radius 2 is 1.59 bits per heavy atom. The molecular weight excluding hydrogens is 270 g/mol. The first-order valence-corrected chi connectivity index (χ1v) is 7.56. The molecule has 2 aromatic rings. The van der Waals surface area contributed by atoms with Crippen LogP contribution >= 0.6 is 0 Å². The summed E-state index contributed by atoms with van der Waals surface area (Å²) in [5.74, 6) is 0.151. The molecule has 2 nitrogen and oxygen atoms in total. The third kappa shape index (κ3) is 3.53. The van der Waals surface area contributed by atoms with E-state index in [0.29, 0.717) is 6.54 Å². The molecule has 3 rings (SSSR count). The highest BCUT2D eigenvalue weighted by atomic mass is 16.1. The van der Waals surface area contributed by atoms with Gasteiger partial charge in [0.2, 0.25) is 0 Å². The zero-order chi connectivity index (χ0) is 15.2. The minimum absolute atomic E-state index is 0.151. The van der Waals surface area contributed by atoms with E-state index >= 15 is 0 Å². The molecule has 0 amide bonds. The third-order valence-electron chi connectivity index (χ3n) is 3.86. The van der Waals surface area contributed by atoms with E-state index in [-0.39, 0.29) is 11.8 Å². The van der Waals surface area contributed by atoms with Crippen LogP contribution in [0.1, 0.15) is 15.9 Å². The standard InChI is InChI=1S/C20H19NO/c22-20(18-11-5-2-6-12-18)16-21-14-8-7-13-19(21)15-17-9-3-1-4-10-17/h1-14,19H,15-16H2. The second kappa shape index (κ2) is 6.90. The van der Waals surface area contributed by atoms with Crippen molar-refractivity contribution in [1.29, 1.82) is 0 Å². The van der Waals surface area contributed by atoms with Gasteiger partial charge in [0, 0.05) is 11.8 Å². The van der Waals surface area contributed by atoms with Gasteiger partial charge in [-0.1, -0.05) is 72.8 Å². The van der Waals surface area contributed by atoms with Crippen molar-refractivity contribution >= 4 is 5.78 Å². The van der Waals surface area contributed by atoms with Crippen molar-refractivity contribution in [2.75, 3.05) is 6.54 Å². The molecule has 1 unspecified atom stereocenters. The maximum Gasteiger partial charge on any atom is 0.182 e. The molecule has 1 atom stereocenters. The van der Waals surface area contributed by atoms with Crippen LogP contribution in [0.15, 0.2) is 85.1 Å². The second-order valence-corrected chi connectivity index (χ2v) is 5.45. The normalized spacial score (nSPS) is 16.7. The summed E-state index contributed by atoms with van der Waals surface area (Å²) in [4.78, 5) is 14.5. The highest BCUT2D eigenvalue weighted by molar-refractivity contribution is 5.97. The predicted octanol–water partition coefficient (Wildman–Crippen LogP) is 3.87. The van der Waals surface area contributed by atoms with Gasteiger partial charge in [-0.05, 0) is 18.1 Å². The van der Waals surface area contributed by atoms with Crippen LogP contribution < -0.4 is 0 Å². The number of carbonyl (C=O) groups excluding carboxylic acids is 1. The van der Waals surface area contributed by atoms with Crippen molar-refractivity contribution in [3.05, 3.63) is 96.2 Å². The third-order valence-corrected chi connectivity index (χ3v) is 3.86. The van der Waals surface area contributed by atoms with Crippen LogP contribution in [0.5, 0.6) is 0 Å². The molecule has 0 bridgehead atoms. The molecule has 0 aliphatic carbocycles. The maximum atomic E-state index is 12.4. The Morgan fingerprint density at radius 1 is 0.909 bits per heavy atom. The first-order chi connectivity index (χ1) is 10.8. The summed E-state index contributed by atoms with van der Waals surface area (Å²) in [6, 6.07) is 20.1. The fourth-order valence-electron chi connectivity index (χ4n) is 2.67. The minimum Gasteiger partial charge on any atom is -0.363 e. The molecule has 1 aliphatic heterocycles. The van der Waals surface area contributed by atoms with Crippen molar-refractivity contribution in [3.8, 4) is 0 Å². The Bertz CT molecular complexity index is 673. The number of Topliss-reactive ketones (excluding diaryl/α,β-unsaturated/α-hetero) is 1. The van der Waals surface area contributed by atoms with Gasteiger partial charge in [0.05, 0.1) is 12.6 Å². The van der Waals surface area contributed by atoms with E-state index in [0.717, 1.165) is 12.0 Å². The molecule has 0 spiro atoms. The van der Waals surface area contributed by atoms with Crippen LogP contribution in [-0.2, 0) is 6.42 Å². The molecule has 2 aromatic carbocycles. The molecule has 0 aromatic heterocycles. The molecule has 0 saturated carbocycles. The van der Waals surface area contributed by atoms with Gasteiger partial charge in [0.1, 0.15) is 0 Å². The molecule has 0 fully saturated rings. The number of benzene rings is 2. The number of nitrogens with zero attached hydrogens (tertiary/aromatic N) is 1. The Hall–Kier alpha value is -2.61. The average molecular weight is 289 g/mol. The van der Waals surface area contributed by atoms with Crippen molar-refractivity contribution in [1.82, 2.24) is 4.90 Å². The van der Waals surface area contributed by atoms with Crippen molar-refractivity contribution < 1.29 is 4.79 Å². The van der Waals surface area contributed by atoms with Crippen LogP contribution in [0.4, 0.5) is 0 Å². The average Bonchev–Trinajstić information content (AvgIpc) is 2.58. The van der Waals surface area contributed by atoms with Crippen LogP contribution in [0, 0.1) is 0 Å². The van der Waals surface area contributed by atoms with E-state index in [2.05, 4.69) is 41.3 Å². The molecule has 1 aliphatic rings. The molecule has 110 valence electrons. The molecule has 2 heteroatoms. The van der Waals surface area contributed by atoms with Crippen LogP contribution in [0.2, 0.25) is 0 Å². The molecular formula is C20H19NO. The lowest BCUT2D eigenvalue weighted by atomic mass is 10.0. The fourth-order valence-corrected chi connectivity index (χ4v) is 2.67. The van der Waals surface area contributed by atoms with Crippen molar-refractivity contribution in [2.24, 2.45) is 0 Å². The van der Waals surface area contributed by atoms with E-state index in [4.69, 9.17) is 0 Å². The summed E-state index contributed by atoms with van der Waals surface area (Å²) in [6.45, 7) is 0.405. The Balaban J connectivity index is 1.70. The SMILES string of the molecule is O=C(CN1C=CC=CC1Cc1ccccc1)c1ccccc1. The van der Waals surface area contributed by atoms with Crippen LogP contribution in [0.25, 0.3) is 0 Å². The summed E-state index contributed by atoms with van der Waals surface area (Å²) in [7, 11) is 0. The second-order valence-electron chi connectivity index (χ2n) is 5.45. The van der Waals surface area contributed by atoms with Gasteiger partial charge < -0.3 is 4.90 Å². The first-order valence-electron chi connectivity index (χ1n) is 7.56. The monoisotopic (exact) mass is 289 g/mol. The van der Waals surface area contributed by atoms with Gasteiger partial charge in [-0.3, -0.25) is 4.79 Å². The summed E-state index contributed by atoms with van der Waals surface area (Å²) in [5.41, 5.74) is 2.05. The Kier molecular flexibility index (Phi) is 4.50. The van der Waals surface area contributed by atoms with Gasteiger partial charge in [0.15, 0.2) is 5.78 Å². The van der Waals surface area contributed by atoms with E-state index < -0.39 is 0 Å². The van der Waals surface area contributed by atoms with E-state index in [9.17, 15) is 4.79 Å². The van der Waals surface area contributed by atoms with E-state index in [1.807, 2.05) is 48.7 Å². The lowest BCUT2D eigenvalue weighted by molar-refractivity contribution is 0.0943. The number of ketones is 1. The fraction of sp³-hybridized carbons (Fsp3) is 0.150. The molecule has 0 radical (unpaired) electrons. The number of carbonyl (C=O) groups is 1. The van der Waals surface area contributed by atoms with E-state index in [1.54, 1.807) is 0 Å². The lowest BCUT2D eigenvalue weighted by Gasteiger charge is -2.30. The number of allylic oxidation sites excluding steroid dienone is 2. The summed E-state index contributed by atoms with van der Waals surface area (Å²) in [5, 5.41) is 0. The molecule has 0 saturated heterocycles. The Morgan fingerprint density at radius 3 is 2.32 bits per heavy atom. The zero-order valence-corrected chi connectivity index (χ0v) is 12.4. The summed E-state index contributed by atoms with van der Waals surface area (Å²) < 4.78 is 0. The first kappa shape index (κ1) is 14.3. The van der Waals surface area contributed by atoms with Crippen molar-refractivity contribution in [3.63, 3.8) is 0 Å². The van der Waals surface area contributed by atoms with Gasteiger partial charge >= 0.3 is 0 Å². The maximum absolute atomic E-state index is 12.4. The van der Waals surface area contributed by atoms with Crippen molar-refractivity contribution in [2.45, 2.75) is 12.5 Å². The zero-order valence-electron chi connectivity index (χ0n) is 12.4. The van der Waals surface area contributed by atoms with Crippen LogP contribution in [0.3, 0.4) is 0 Å². The lowest BCUT2D eigenvalue weighted by Crippen LogP contribution is -2.36. The largest absolute Gasteiger partial charge is 0.363 e.